The number of hydrogen-bond donors (Lipinski definition) is 1. The molecule has 0 spiro atoms. The Labute approximate surface area is 93.0 Å². The van der Waals surface area contributed by atoms with Crippen LogP contribution in [0.15, 0.2) is 0 Å². The molecule has 1 atom stereocenters. The molecular weight excluding hydrogens is 212 g/mol. The van der Waals surface area contributed by atoms with E-state index in [1.807, 2.05) is 0 Å². The SMILES string of the molecule is CCCNCC(C)N1CCS(=O)(=O)CC1. The molecule has 0 bridgehead atoms. The fourth-order valence-electron chi connectivity index (χ4n) is 1.78. The molecule has 1 rings (SSSR count). The van der Waals surface area contributed by atoms with Crippen LogP contribution in [0.5, 0.6) is 0 Å². The van der Waals surface area contributed by atoms with Gasteiger partial charge in [0.1, 0.15) is 0 Å². The number of sulfone groups is 1. The van der Waals surface area contributed by atoms with Gasteiger partial charge in [0.15, 0.2) is 9.84 Å². The van der Waals surface area contributed by atoms with E-state index in [9.17, 15) is 8.42 Å². The third kappa shape index (κ3) is 4.49. The minimum absolute atomic E-state index is 0.325. The minimum Gasteiger partial charge on any atom is -0.315 e. The van der Waals surface area contributed by atoms with Crippen LogP contribution in [-0.4, -0.2) is 57.0 Å². The van der Waals surface area contributed by atoms with E-state index in [1.54, 1.807) is 0 Å². The van der Waals surface area contributed by atoms with E-state index in [-0.39, 0.29) is 0 Å². The molecule has 0 saturated carbocycles. The largest absolute Gasteiger partial charge is 0.315 e. The first-order valence-electron chi connectivity index (χ1n) is 5.70. The van der Waals surface area contributed by atoms with E-state index >= 15 is 0 Å². The topological polar surface area (TPSA) is 49.4 Å². The summed E-state index contributed by atoms with van der Waals surface area (Å²) in [6.45, 7) is 7.67. The highest BCUT2D eigenvalue weighted by Crippen LogP contribution is 2.07. The molecule has 0 aromatic rings. The van der Waals surface area contributed by atoms with Gasteiger partial charge >= 0.3 is 0 Å². The standard InChI is InChI=1S/C10H22N2O2S/c1-3-4-11-9-10(2)12-5-7-15(13,14)8-6-12/h10-11H,3-9H2,1-2H3. The molecule has 1 unspecified atom stereocenters. The van der Waals surface area contributed by atoms with E-state index < -0.39 is 9.84 Å². The Bertz CT molecular complexity index is 263. The summed E-state index contributed by atoms with van der Waals surface area (Å²) in [5.74, 6) is 0.649. The van der Waals surface area contributed by atoms with Crippen LogP contribution in [0.25, 0.3) is 0 Å². The maximum Gasteiger partial charge on any atom is 0.152 e. The van der Waals surface area contributed by atoms with Crippen molar-refractivity contribution in [3.05, 3.63) is 0 Å². The van der Waals surface area contributed by atoms with Gasteiger partial charge in [-0.05, 0) is 19.9 Å². The van der Waals surface area contributed by atoms with Crippen molar-refractivity contribution in [1.29, 1.82) is 0 Å². The Morgan fingerprint density at radius 3 is 2.47 bits per heavy atom. The van der Waals surface area contributed by atoms with Gasteiger partial charge in [-0.3, -0.25) is 4.90 Å². The van der Waals surface area contributed by atoms with Gasteiger partial charge in [-0.25, -0.2) is 8.42 Å². The first-order chi connectivity index (χ1) is 7.05. The van der Waals surface area contributed by atoms with Crippen molar-refractivity contribution in [2.75, 3.05) is 37.7 Å². The molecule has 0 radical (unpaired) electrons. The molecule has 5 heteroatoms. The zero-order valence-electron chi connectivity index (χ0n) is 9.70. The van der Waals surface area contributed by atoms with Crippen molar-refractivity contribution >= 4 is 9.84 Å². The maximum atomic E-state index is 11.2. The molecule has 1 N–H and O–H groups in total. The third-order valence-electron chi connectivity index (χ3n) is 2.87. The number of nitrogens with zero attached hydrogens (tertiary/aromatic N) is 1. The highest BCUT2D eigenvalue weighted by atomic mass is 32.2. The molecular formula is C10H22N2O2S. The van der Waals surface area contributed by atoms with Crippen LogP contribution in [0.1, 0.15) is 20.3 Å². The van der Waals surface area contributed by atoms with Crippen molar-refractivity contribution < 1.29 is 8.42 Å². The van der Waals surface area contributed by atoms with Crippen LogP contribution in [-0.2, 0) is 9.84 Å². The molecule has 1 saturated heterocycles. The van der Waals surface area contributed by atoms with Crippen LogP contribution < -0.4 is 5.32 Å². The summed E-state index contributed by atoms with van der Waals surface area (Å²) in [6, 6.07) is 0.437. The van der Waals surface area contributed by atoms with Gasteiger partial charge in [0.05, 0.1) is 11.5 Å². The van der Waals surface area contributed by atoms with Crippen molar-refractivity contribution in [2.24, 2.45) is 0 Å². The molecule has 1 aliphatic rings. The Morgan fingerprint density at radius 2 is 1.93 bits per heavy atom. The van der Waals surface area contributed by atoms with Crippen LogP contribution in [0.4, 0.5) is 0 Å². The molecule has 4 nitrogen and oxygen atoms in total. The van der Waals surface area contributed by atoms with Gasteiger partial charge in [-0.1, -0.05) is 6.92 Å². The van der Waals surface area contributed by atoms with Gasteiger partial charge < -0.3 is 5.32 Å². The third-order valence-corrected chi connectivity index (χ3v) is 4.48. The Morgan fingerprint density at radius 1 is 1.33 bits per heavy atom. The summed E-state index contributed by atoms with van der Waals surface area (Å²) < 4.78 is 22.5. The van der Waals surface area contributed by atoms with Gasteiger partial charge in [0, 0.05) is 25.7 Å². The van der Waals surface area contributed by atoms with Crippen LogP contribution in [0.3, 0.4) is 0 Å². The molecule has 0 aromatic heterocycles. The molecule has 15 heavy (non-hydrogen) atoms. The molecule has 1 heterocycles. The number of hydrogen-bond acceptors (Lipinski definition) is 4. The lowest BCUT2D eigenvalue weighted by atomic mass is 10.2. The fourth-order valence-corrected chi connectivity index (χ4v) is 3.01. The van der Waals surface area contributed by atoms with Gasteiger partial charge in [-0.2, -0.15) is 0 Å². The fraction of sp³-hybridized carbons (Fsp3) is 1.00. The second-order valence-electron chi connectivity index (χ2n) is 4.24. The smallest absolute Gasteiger partial charge is 0.152 e. The number of nitrogens with one attached hydrogen (secondary N) is 1. The molecule has 1 fully saturated rings. The maximum absolute atomic E-state index is 11.2. The highest BCUT2D eigenvalue weighted by molar-refractivity contribution is 7.91. The Hall–Kier alpha value is -0.130. The summed E-state index contributed by atoms with van der Waals surface area (Å²) in [7, 11) is -2.74. The van der Waals surface area contributed by atoms with Crippen molar-refractivity contribution in [2.45, 2.75) is 26.3 Å². The molecule has 0 amide bonds. The van der Waals surface area contributed by atoms with E-state index in [0.29, 0.717) is 30.6 Å². The summed E-state index contributed by atoms with van der Waals surface area (Å²) >= 11 is 0. The van der Waals surface area contributed by atoms with Gasteiger partial charge in [0.25, 0.3) is 0 Å². The van der Waals surface area contributed by atoms with E-state index in [0.717, 1.165) is 19.5 Å². The zero-order valence-corrected chi connectivity index (χ0v) is 10.5. The van der Waals surface area contributed by atoms with Crippen molar-refractivity contribution in [1.82, 2.24) is 10.2 Å². The van der Waals surface area contributed by atoms with Crippen molar-refractivity contribution in [3.63, 3.8) is 0 Å². The first-order valence-corrected chi connectivity index (χ1v) is 7.52. The summed E-state index contributed by atoms with van der Waals surface area (Å²) in [5.41, 5.74) is 0. The normalized spacial score (nSPS) is 23.9. The van der Waals surface area contributed by atoms with Gasteiger partial charge in [0.2, 0.25) is 0 Å². The molecule has 0 aromatic carbocycles. The summed E-state index contributed by atoms with van der Waals surface area (Å²) in [5, 5.41) is 3.36. The lowest BCUT2D eigenvalue weighted by Crippen LogP contribution is -2.48. The average molecular weight is 234 g/mol. The lowest BCUT2D eigenvalue weighted by Gasteiger charge is -2.32. The Balaban J connectivity index is 2.27. The summed E-state index contributed by atoms with van der Waals surface area (Å²) in [6.07, 6.45) is 1.14. The van der Waals surface area contributed by atoms with Crippen LogP contribution in [0.2, 0.25) is 0 Å². The second-order valence-corrected chi connectivity index (χ2v) is 6.54. The zero-order chi connectivity index (χ0) is 11.3. The molecule has 0 aliphatic carbocycles. The summed E-state index contributed by atoms with van der Waals surface area (Å²) in [4.78, 5) is 2.25. The van der Waals surface area contributed by atoms with E-state index in [4.69, 9.17) is 0 Å². The van der Waals surface area contributed by atoms with Crippen LogP contribution >= 0.6 is 0 Å². The van der Waals surface area contributed by atoms with Gasteiger partial charge in [-0.15, -0.1) is 0 Å². The number of rotatable bonds is 5. The van der Waals surface area contributed by atoms with E-state index in [2.05, 4.69) is 24.1 Å². The predicted molar refractivity (Wildman–Crippen MR) is 62.8 cm³/mol. The quantitative estimate of drug-likeness (QED) is 0.686. The lowest BCUT2D eigenvalue weighted by molar-refractivity contribution is 0.221. The first kappa shape index (κ1) is 12.9. The van der Waals surface area contributed by atoms with Crippen molar-refractivity contribution in [3.8, 4) is 0 Å². The Kier molecular flexibility index (Phi) is 5.02. The minimum atomic E-state index is -2.74. The average Bonchev–Trinajstić information content (AvgIpc) is 2.18. The second kappa shape index (κ2) is 5.82. The molecule has 1 aliphatic heterocycles. The van der Waals surface area contributed by atoms with E-state index in [1.165, 1.54) is 0 Å². The predicted octanol–water partition coefficient (Wildman–Crippen LogP) is 0.105. The highest BCUT2D eigenvalue weighted by Gasteiger charge is 2.24. The molecule has 90 valence electrons. The monoisotopic (exact) mass is 234 g/mol. The van der Waals surface area contributed by atoms with Crippen LogP contribution in [0, 0.1) is 0 Å².